The van der Waals surface area contributed by atoms with Gasteiger partial charge < -0.3 is 20.2 Å². The van der Waals surface area contributed by atoms with Crippen molar-refractivity contribution < 1.29 is 17.9 Å². The second-order valence-electron chi connectivity index (χ2n) is 7.64. The molecule has 0 aliphatic heterocycles. The summed E-state index contributed by atoms with van der Waals surface area (Å²) in [5.41, 5.74) is 4.86. The van der Waals surface area contributed by atoms with Crippen LogP contribution in [-0.4, -0.2) is 52.6 Å². The van der Waals surface area contributed by atoms with Crippen LogP contribution in [0.3, 0.4) is 0 Å². The fraction of sp³-hybridized carbons (Fsp3) is 0.300. The van der Waals surface area contributed by atoms with Crippen molar-refractivity contribution >= 4 is 48.8 Å². The van der Waals surface area contributed by atoms with E-state index in [0.29, 0.717) is 17.1 Å². The molecule has 0 spiro atoms. The van der Waals surface area contributed by atoms with Crippen molar-refractivity contribution in [2.24, 2.45) is 0 Å². The Hall–Kier alpha value is -3.13. The predicted octanol–water partition coefficient (Wildman–Crippen LogP) is 2.89. The van der Waals surface area contributed by atoms with Crippen molar-refractivity contribution in [3.8, 4) is 11.5 Å². The van der Waals surface area contributed by atoms with Gasteiger partial charge in [-0.25, -0.2) is 23.1 Å². The van der Waals surface area contributed by atoms with Gasteiger partial charge in [0.2, 0.25) is 15.9 Å². The number of nitrogens with zero attached hydrogens (tertiary/aromatic N) is 4. The Balaban J connectivity index is 1.63. The van der Waals surface area contributed by atoms with E-state index >= 15 is 0 Å². The number of rotatable bonds is 9. The third-order valence-electron chi connectivity index (χ3n) is 4.46. The Morgan fingerprint density at radius 1 is 1.18 bits per heavy atom. The number of aromatic nitrogens is 4. The van der Waals surface area contributed by atoms with Crippen LogP contribution in [0, 0.1) is 0 Å². The molecule has 1 unspecified atom stereocenters. The van der Waals surface area contributed by atoms with E-state index in [1.54, 1.807) is 23.0 Å². The molecule has 0 aliphatic rings. The molecule has 3 aromatic heterocycles. The summed E-state index contributed by atoms with van der Waals surface area (Å²) in [7, 11) is -3.58. The summed E-state index contributed by atoms with van der Waals surface area (Å²) in [5, 5.41) is 24.1. The number of benzene rings is 1. The number of aliphatic hydroxyl groups is 1. The minimum Gasteiger partial charge on any atom is -0.419 e. The molecular weight excluding hydrogens is 466 g/mol. The zero-order valence-corrected chi connectivity index (χ0v) is 19.7. The molecule has 0 saturated heterocycles. The molecule has 11 nitrogen and oxygen atoms in total. The fourth-order valence-electron chi connectivity index (χ4n) is 3.11. The van der Waals surface area contributed by atoms with Gasteiger partial charge in [0.05, 0.1) is 39.8 Å². The Bertz CT molecular complexity index is 1370. The zero-order chi connectivity index (χ0) is 23.6. The molecule has 0 fully saturated rings. The van der Waals surface area contributed by atoms with Crippen LogP contribution in [0.5, 0.6) is 0 Å². The van der Waals surface area contributed by atoms with Gasteiger partial charge in [-0.2, -0.15) is 0 Å². The smallest absolute Gasteiger partial charge is 0.251 e. The van der Waals surface area contributed by atoms with Gasteiger partial charge in [0.15, 0.2) is 0 Å². The van der Waals surface area contributed by atoms with E-state index in [9.17, 15) is 13.5 Å². The highest BCUT2D eigenvalue weighted by atomic mass is 32.2. The average Bonchev–Trinajstić information content (AvgIpc) is 3.40. The summed E-state index contributed by atoms with van der Waals surface area (Å²) in [6.07, 6.45) is 2.58. The highest BCUT2D eigenvalue weighted by molar-refractivity contribution is 7.88. The summed E-state index contributed by atoms with van der Waals surface area (Å²) in [6.45, 7) is 3.45. The molecule has 4 rings (SSSR count). The van der Waals surface area contributed by atoms with Gasteiger partial charge in [-0.1, -0.05) is 0 Å². The van der Waals surface area contributed by atoms with Gasteiger partial charge in [-0.15, -0.1) is 21.5 Å². The minimum atomic E-state index is -3.58. The molecule has 0 aliphatic carbocycles. The number of fused-ring (bicyclic) bond motifs is 1. The van der Waals surface area contributed by atoms with Crippen molar-refractivity contribution in [3.63, 3.8) is 0 Å². The van der Waals surface area contributed by atoms with E-state index < -0.39 is 22.7 Å². The lowest BCUT2D eigenvalue weighted by Crippen LogP contribution is -2.30. The van der Waals surface area contributed by atoms with Crippen molar-refractivity contribution in [2.75, 3.05) is 23.5 Å². The van der Waals surface area contributed by atoms with E-state index in [2.05, 4.69) is 35.5 Å². The third-order valence-corrected chi connectivity index (χ3v) is 5.96. The summed E-state index contributed by atoms with van der Waals surface area (Å²) >= 11 is 1.56. The molecule has 1 aromatic carbocycles. The van der Waals surface area contributed by atoms with Gasteiger partial charge >= 0.3 is 0 Å². The van der Waals surface area contributed by atoms with Gasteiger partial charge in [0.25, 0.3) is 5.89 Å². The molecule has 0 radical (unpaired) electrons. The van der Waals surface area contributed by atoms with E-state index in [4.69, 9.17) is 4.42 Å². The fourth-order valence-corrected chi connectivity index (χ4v) is 4.52. The maximum atomic E-state index is 11.5. The second kappa shape index (κ2) is 9.39. The lowest BCUT2D eigenvalue weighted by molar-refractivity contribution is 0.238. The molecule has 33 heavy (non-hydrogen) atoms. The van der Waals surface area contributed by atoms with E-state index in [-0.39, 0.29) is 17.8 Å². The number of nitrogens with one attached hydrogen (secondary N) is 3. The topological polar surface area (TPSA) is 155 Å². The molecule has 1 atom stereocenters. The summed E-state index contributed by atoms with van der Waals surface area (Å²) in [6, 6.07) is 6.77. The number of pyridine rings is 1. The average molecular weight is 490 g/mol. The number of thiazole rings is 1. The number of hydrogen-bond donors (Lipinski definition) is 4. The highest BCUT2D eigenvalue weighted by Gasteiger charge is 2.23. The van der Waals surface area contributed by atoms with Crippen LogP contribution in [0.2, 0.25) is 0 Å². The monoisotopic (exact) mass is 489 g/mol. The Kier molecular flexibility index (Phi) is 6.56. The quantitative estimate of drug-likeness (QED) is 0.276. The maximum Gasteiger partial charge on any atom is 0.251 e. The maximum absolute atomic E-state index is 11.5. The van der Waals surface area contributed by atoms with Crippen LogP contribution >= 0.6 is 11.3 Å². The Labute approximate surface area is 194 Å². The van der Waals surface area contributed by atoms with Crippen molar-refractivity contribution in [3.05, 3.63) is 41.9 Å². The Morgan fingerprint density at radius 3 is 2.73 bits per heavy atom. The molecule has 174 valence electrons. The molecule has 0 amide bonds. The second-order valence-corrected chi connectivity index (χ2v) is 10.3. The van der Waals surface area contributed by atoms with Gasteiger partial charge in [-0.3, -0.25) is 0 Å². The van der Waals surface area contributed by atoms with Gasteiger partial charge in [-0.05, 0) is 32.0 Å². The van der Waals surface area contributed by atoms with Crippen molar-refractivity contribution in [1.82, 2.24) is 24.9 Å². The van der Waals surface area contributed by atoms with Crippen LogP contribution in [0.15, 0.2) is 40.4 Å². The zero-order valence-electron chi connectivity index (χ0n) is 18.1. The highest BCUT2D eigenvalue weighted by Crippen LogP contribution is 2.31. The van der Waals surface area contributed by atoms with Crippen molar-refractivity contribution in [2.45, 2.75) is 25.9 Å². The lowest BCUT2D eigenvalue weighted by Gasteiger charge is -2.15. The number of sulfonamides is 1. The molecular formula is C20H23N7O4S2. The molecule has 3 heterocycles. The predicted molar refractivity (Wildman–Crippen MR) is 127 cm³/mol. The summed E-state index contributed by atoms with van der Waals surface area (Å²) < 4.78 is 32.1. The van der Waals surface area contributed by atoms with Crippen LogP contribution in [-0.2, 0) is 10.0 Å². The first-order chi connectivity index (χ1) is 15.7. The number of aliphatic hydroxyl groups excluding tert-OH is 1. The first kappa shape index (κ1) is 23.0. The van der Waals surface area contributed by atoms with Gasteiger partial charge in [0, 0.05) is 24.0 Å². The normalized spacial score (nSPS) is 12.9. The first-order valence-electron chi connectivity index (χ1n) is 10.0. The SMILES string of the molecule is CC(C)Nc1cc(Nc2ccc3ncsc3c2)ncc1-c1nnc(C(CO)NS(C)(=O)=O)o1. The van der Waals surface area contributed by atoms with Crippen LogP contribution < -0.4 is 15.4 Å². The standard InChI is InChI=1S/C20H23N7O4S2/c1-11(2)23-15-7-18(24-12-4-5-14-17(6-12)32-10-22-14)21-8-13(15)19-25-26-20(31-19)16(9-28)27-33(3,29)30/h4-8,10-11,16,27-28H,9H2,1-3H3,(H2,21,23,24). The third kappa shape index (κ3) is 5.63. The summed E-state index contributed by atoms with van der Waals surface area (Å²) in [4.78, 5) is 8.75. The van der Waals surface area contributed by atoms with E-state index in [1.165, 1.54) is 0 Å². The number of hydrogen-bond acceptors (Lipinski definition) is 11. The van der Waals surface area contributed by atoms with Crippen LogP contribution in [0.25, 0.3) is 21.7 Å². The summed E-state index contributed by atoms with van der Waals surface area (Å²) in [5.74, 6) is 0.706. The lowest BCUT2D eigenvalue weighted by atomic mass is 10.2. The molecule has 13 heteroatoms. The molecule has 0 saturated carbocycles. The largest absolute Gasteiger partial charge is 0.419 e. The van der Waals surface area contributed by atoms with Crippen LogP contribution in [0.4, 0.5) is 17.2 Å². The number of anilines is 3. The van der Waals surface area contributed by atoms with E-state index in [1.807, 2.05) is 38.1 Å². The molecule has 4 N–H and O–H groups in total. The van der Waals surface area contributed by atoms with Crippen LogP contribution in [0.1, 0.15) is 25.8 Å². The first-order valence-corrected chi connectivity index (χ1v) is 12.8. The Morgan fingerprint density at radius 2 is 2.00 bits per heavy atom. The van der Waals surface area contributed by atoms with Gasteiger partial charge in [0.1, 0.15) is 11.9 Å². The molecule has 0 bridgehead atoms. The molecule has 4 aromatic rings. The van der Waals surface area contributed by atoms with Crippen molar-refractivity contribution in [1.29, 1.82) is 0 Å². The van der Waals surface area contributed by atoms with E-state index in [0.717, 1.165) is 22.2 Å². The minimum absolute atomic E-state index is 0.0477.